The molecule has 124 valence electrons. The number of hydrogen-bond donors (Lipinski definition) is 1. The van der Waals surface area contributed by atoms with E-state index in [4.69, 9.17) is 19.2 Å². The molecule has 3 rings (SSSR count). The molecule has 1 aromatic rings. The third-order valence-electron chi connectivity index (χ3n) is 4.38. The lowest BCUT2D eigenvalue weighted by Crippen LogP contribution is -2.48. The predicted molar refractivity (Wildman–Crippen MR) is 86.1 cm³/mol. The van der Waals surface area contributed by atoms with Crippen LogP contribution in [0.3, 0.4) is 0 Å². The van der Waals surface area contributed by atoms with E-state index in [9.17, 15) is 0 Å². The van der Waals surface area contributed by atoms with Gasteiger partial charge in [-0.25, -0.2) is 4.98 Å². The quantitative estimate of drug-likeness (QED) is 0.814. The minimum Gasteiger partial charge on any atom is -0.381 e. The lowest BCUT2D eigenvalue weighted by Gasteiger charge is -2.36. The molecule has 2 saturated heterocycles. The van der Waals surface area contributed by atoms with Crippen LogP contribution < -0.4 is 5.32 Å². The van der Waals surface area contributed by atoms with E-state index in [1.807, 2.05) is 0 Å². The largest absolute Gasteiger partial charge is 0.381 e. The summed E-state index contributed by atoms with van der Waals surface area (Å²) >= 11 is 1.75. The summed E-state index contributed by atoms with van der Waals surface area (Å²) in [5.41, 5.74) is 1.05. The fraction of sp³-hybridized carbons (Fsp3) is 0.812. The molecule has 0 bridgehead atoms. The number of nitrogens with zero attached hydrogens (tertiary/aromatic N) is 1. The first-order valence-electron chi connectivity index (χ1n) is 8.27. The van der Waals surface area contributed by atoms with Crippen LogP contribution >= 0.6 is 11.3 Å². The summed E-state index contributed by atoms with van der Waals surface area (Å²) in [6.07, 6.45) is 5.32. The molecule has 0 unspecified atom stereocenters. The van der Waals surface area contributed by atoms with Crippen LogP contribution in [0.25, 0.3) is 0 Å². The SMILES string of the molecule is Cc1csc(C2(NCCO[C@@H]3CCCCO3)CCOCC2)n1. The normalized spacial score (nSPS) is 25.2. The van der Waals surface area contributed by atoms with E-state index in [1.165, 1.54) is 11.4 Å². The van der Waals surface area contributed by atoms with Gasteiger partial charge < -0.3 is 19.5 Å². The predicted octanol–water partition coefficient (Wildman–Crippen LogP) is 2.59. The topological polar surface area (TPSA) is 52.6 Å². The van der Waals surface area contributed by atoms with E-state index < -0.39 is 0 Å². The molecular formula is C16H26N2O3S. The van der Waals surface area contributed by atoms with Crippen molar-refractivity contribution in [3.8, 4) is 0 Å². The van der Waals surface area contributed by atoms with E-state index >= 15 is 0 Å². The molecule has 1 aromatic heterocycles. The third-order valence-corrected chi connectivity index (χ3v) is 5.55. The van der Waals surface area contributed by atoms with Crippen molar-refractivity contribution in [1.82, 2.24) is 10.3 Å². The average molecular weight is 326 g/mol. The molecule has 2 aliphatic heterocycles. The molecule has 6 heteroatoms. The van der Waals surface area contributed by atoms with Gasteiger partial charge in [0.2, 0.25) is 0 Å². The van der Waals surface area contributed by atoms with Crippen molar-refractivity contribution in [3.05, 3.63) is 16.1 Å². The molecule has 3 heterocycles. The van der Waals surface area contributed by atoms with Gasteiger partial charge in [-0.15, -0.1) is 11.3 Å². The average Bonchev–Trinajstić information content (AvgIpc) is 3.01. The Labute approximate surface area is 136 Å². The highest BCUT2D eigenvalue weighted by Gasteiger charge is 2.36. The second-order valence-corrected chi connectivity index (χ2v) is 6.94. The van der Waals surface area contributed by atoms with Crippen molar-refractivity contribution in [2.24, 2.45) is 0 Å². The molecule has 0 aromatic carbocycles. The van der Waals surface area contributed by atoms with Crippen molar-refractivity contribution >= 4 is 11.3 Å². The standard InChI is InChI=1S/C16H26N2O3S/c1-13-12-22-15(18-13)16(5-9-19-10-6-16)17-7-11-21-14-4-2-3-8-20-14/h12,14,17H,2-11H2,1H3/t14-/m1/s1. The van der Waals surface area contributed by atoms with Gasteiger partial charge in [-0.05, 0) is 39.0 Å². The van der Waals surface area contributed by atoms with Crippen molar-refractivity contribution in [3.63, 3.8) is 0 Å². The first-order chi connectivity index (χ1) is 10.8. The fourth-order valence-corrected chi connectivity index (χ4v) is 4.12. The minimum absolute atomic E-state index is 0.0108. The minimum atomic E-state index is -0.0477. The molecule has 1 atom stereocenters. The van der Waals surface area contributed by atoms with Crippen LogP contribution in [0.2, 0.25) is 0 Å². The second kappa shape index (κ2) is 7.84. The van der Waals surface area contributed by atoms with Crippen LogP contribution in [0.15, 0.2) is 5.38 Å². The van der Waals surface area contributed by atoms with Gasteiger partial charge in [-0.1, -0.05) is 0 Å². The maximum absolute atomic E-state index is 5.83. The monoisotopic (exact) mass is 326 g/mol. The van der Waals surface area contributed by atoms with Crippen LogP contribution in [0, 0.1) is 6.92 Å². The molecule has 5 nitrogen and oxygen atoms in total. The molecule has 0 amide bonds. The smallest absolute Gasteiger partial charge is 0.157 e. The van der Waals surface area contributed by atoms with Crippen molar-refractivity contribution in [2.45, 2.75) is 50.9 Å². The Hall–Kier alpha value is -0.530. The Bertz CT molecular complexity index is 454. The Kier molecular flexibility index (Phi) is 5.82. The van der Waals surface area contributed by atoms with Crippen molar-refractivity contribution < 1.29 is 14.2 Å². The Morgan fingerprint density at radius 3 is 2.91 bits per heavy atom. The summed E-state index contributed by atoms with van der Waals surface area (Å²) in [6, 6.07) is 0. The molecular weight excluding hydrogens is 300 g/mol. The van der Waals surface area contributed by atoms with Gasteiger partial charge in [0.25, 0.3) is 0 Å². The zero-order valence-electron chi connectivity index (χ0n) is 13.3. The number of rotatable bonds is 6. The maximum atomic E-state index is 5.83. The highest BCUT2D eigenvalue weighted by molar-refractivity contribution is 7.09. The Morgan fingerprint density at radius 1 is 1.36 bits per heavy atom. The van der Waals surface area contributed by atoms with E-state index in [0.29, 0.717) is 6.61 Å². The Balaban J connectivity index is 1.52. The first-order valence-corrected chi connectivity index (χ1v) is 9.15. The molecule has 22 heavy (non-hydrogen) atoms. The van der Waals surface area contributed by atoms with Crippen LogP contribution in [0.1, 0.15) is 42.8 Å². The molecule has 2 fully saturated rings. The number of hydrogen-bond acceptors (Lipinski definition) is 6. The number of ether oxygens (including phenoxy) is 3. The van der Waals surface area contributed by atoms with Gasteiger partial charge in [-0.2, -0.15) is 0 Å². The van der Waals surface area contributed by atoms with Crippen molar-refractivity contribution in [2.75, 3.05) is 33.0 Å². The number of thiazole rings is 1. The number of aromatic nitrogens is 1. The van der Waals surface area contributed by atoms with E-state index in [0.717, 1.165) is 57.7 Å². The number of aryl methyl sites for hydroxylation is 1. The van der Waals surface area contributed by atoms with Gasteiger partial charge in [0, 0.05) is 37.4 Å². The summed E-state index contributed by atoms with van der Waals surface area (Å²) in [4.78, 5) is 4.71. The summed E-state index contributed by atoms with van der Waals surface area (Å²) in [5.74, 6) is 0. The first kappa shape index (κ1) is 16.3. The summed E-state index contributed by atoms with van der Waals surface area (Å²) in [6.45, 7) is 5.96. The lowest BCUT2D eigenvalue weighted by molar-refractivity contribution is -0.162. The Morgan fingerprint density at radius 2 is 2.23 bits per heavy atom. The van der Waals surface area contributed by atoms with Crippen LogP contribution in [0.5, 0.6) is 0 Å². The van der Waals surface area contributed by atoms with Crippen molar-refractivity contribution in [1.29, 1.82) is 0 Å². The second-order valence-electron chi connectivity index (χ2n) is 6.08. The highest BCUT2D eigenvalue weighted by Crippen LogP contribution is 2.34. The van der Waals surface area contributed by atoms with Gasteiger partial charge >= 0.3 is 0 Å². The molecule has 2 aliphatic rings. The third kappa shape index (κ3) is 4.06. The van der Waals surface area contributed by atoms with Crippen LogP contribution in [-0.4, -0.2) is 44.2 Å². The summed E-state index contributed by atoms with van der Waals surface area (Å²) < 4.78 is 17.0. The zero-order chi connectivity index (χ0) is 15.3. The van der Waals surface area contributed by atoms with Gasteiger partial charge in [0.1, 0.15) is 5.01 Å². The van der Waals surface area contributed by atoms with E-state index in [2.05, 4.69) is 17.6 Å². The molecule has 0 spiro atoms. The summed E-state index contributed by atoms with van der Waals surface area (Å²) in [5, 5.41) is 7.00. The molecule has 1 N–H and O–H groups in total. The lowest BCUT2D eigenvalue weighted by atomic mass is 9.90. The van der Waals surface area contributed by atoms with Gasteiger partial charge in [0.05, 0.1) is 12.1 Å². The summed E-state index contributed by atoms with van der Waals surface area (Å²) in [7, 11) is 0. The van der Waals surface area contributed by atoms with Gasteiger partial charge in [0.15, 0.2) is 6.29 Å². The van der Waals surface area contributed by atoms with Crippen LogP contribution in [-0.2, 0) is 19.7 Å². The van der Waals surface area contributed by atoms with E-state index in [-0.39, 0.29) is 11.8 Å². The van der Waals surface area contributed by atoms with Gasteiger partial charge in [-0.3, -0.25) is 0 Å². The number of nitrogens with one attached hydrogen (secondary N) is 1. The zero-order valence-corrected chi connectivity index (χ0v) is 14.1. The van der Waals surface area contributed by atoms with Crippen LogP contribution in [0.4, 0.5) is 0 Å². The maximum Gasteiger partial charge on any atom is 0.157 e. The molecule has 0 saturated carbocycles. The molecule has 0 aliphatic carbocycles. The fourth-order valence-electron chi connectivity index (χ4n) is 3.08. The van der Waals surface area contributed by atoms with E-state index in [1.54, 1.807) is 11.3 Å². The highest BCUT2D eigenvalue weighted by atomic mass is 32.1. The molecule has 0 radical (unpaired) electrons.